The number of guanidine groups is 1. The molecular formula is C21H42IN5O. The molecule has 0 bridgehead atoms. The smallest absolute Gasteiger partial charge is 0.220 e. The Morgan fingerprint density at radius 2 is 1.71 bits per heavy atom. The van der Waals surface area contributed by atoms with E-state index in [1.165, 1.54) is 25.9 Å². The lowest BCUT2D eigenvalue weighted by Gasteiger charge is -2.40. The fraction of sp³-hybridized carbons (Fsp3) is 0.905. The number of piperidine rings is 2. The molecule has 28 heavy (non-hydrogen) atoms. The van der Waals surface area contributed by atoms with Crippen molar-refractivity contribution < 1.29 is 4.79 Å². The highest BCUT2D eigenvalue weighted by molar-refractivity contribution is 14.0. The molecule has 0 aromatic carbocycles. The van der Waals surface area contributed by atoms with Crippen LogP contribution in [-0.4, -0.2) is 74.5 Å². The predicted molar refractivity (Wildman–Crippen MR) is 128 cm³/mol. The van der Waals surface area contributed by atoms with Crippen molar-refractivity contribution in [2.75, 3.05) is 46.8 Å². The summed E-state index contributed by atoms with van der Waals surface area (Å²) >= 11 is 0. The summed E-state index contributed by atoms with van der Waals surface area (Å²) in [5.41, 5.74) is 0. The van der Waals surface area contributed by atoms with E-state index in [4.69, 9.17) is 0 Å². The second-order valence-electron chi connectivity index (χ2n) is 8.77. The number of likely N-dealkylation sites (tertiary alicyclic amines) is 2. The summed E-state index contributed by atoms with van der Waals surface area (Å²) in [5.74, 6) is 3.17. The molecule has 2 N–H and O–H groups in total. The lowest BCUT2D eigenvalue weighted by Crippen LogP contribution is -2.53. The van der Waals surface area contributed by atoms with E-state index in [0.717, 1.165) is 44.4 Å². The van der Waals surface area contributed by atoms with Gasteiger partial charge in [-0.1, -0.05) is 20.8 Å². The molecule has 6 nitrogen and oxygen atoms in total. The van der Waals surface area contributed by atoms with Crippen molar-refractivity contribution in [1.29, 1.82) is 0 Å². The van der Waals surface area contributed by atoms with E-state index < -0.39 is 0 Å². The molecule has 2 aliphatic rings. The first-order chi connectivity index (χ1) is 12.9. The lowest BCUT2D eigenvalue weighted by molar-refractivity contribution is -0.121. The Labute approximate surface area is 189 Å². The largest absolute Gasteiger partial charge is 0.359 e. The van der Waals surface area contributed by atoms with Gasteiger partial charge in [0.05, 0.1) is 0 Å². The molecule has 1 unspecified atom stereocenters. The van der Waals surface area contributed by atoms with E-state index >= 15 is 0 Å². The minimum atomic E-state index is 0. The van der Waals surface area contributed by atoms with Crippen LogP contribution >= 0.6 is 24.0 Å². The minimum absolute atomic E-state index is 0. The number of nitrogens with zero attached hydrogens (tertiary/aromatic N) is 3. The van der Waals surface area contributed by atoms with Crippen LogP contribution in [0.4, 0.5) is 0 Å². The van der Waals surface area contributed by atoms with E-state index in [9.17, 15) is 4.79 Å². The van der Waals surface area contributed by atoms with Gasteiger partial charge in [0.15, 0.2) is 5.96 Å². The fourth-order valence-electron chi connectivity index (χ4n) is 4.39. The topological polar surface area (TPSA) is 60.0 Å². The number of rotatable bonds is 6. The molecule has 2 saturated heterocycles. The SMILES string of the molecule is CN=C(NCC(C(C)C)N1CCC(C)CC1)N1CCC(CC(=O)NC)CC1.I. The minimum Gasteiger partial charge on any atom is -0.359 e. The molecule has 0 spiro atoms. The molecular weight excluding hydrogens is 465 g/mol. The Bertz CT molecular complexity index is 483. The number of amides is 1. The van der Waals surface area contributed by atoms with Crippen LogP contribution in [0.2, 0.25) is 0 Å². The third kappa shape index (κ3) is 7.69. The summed E-state index contributed by atoms with van der Waals surface area (Å²) in [6, 6.07) is 0.556. The second-order valence-corrected chi connectivity index (χ2v) is 8.77. The van der Waals surface area contributed by atoms with Crippen LogP contribution in [0.15, 0.2) is 4.99 Å². The van der Waals surface area contributed by atoms with Crippen molar-refractivity contribution in [3.63, 3.8) is 0 Å². The summed E-state index contributed by atoms with van der Waals surface area (Å²) in [4.78, 5) is 21.2. The summed E-state index contributed by atoms with van der Waals surface area (Å²) in [6.07, 6.45) is 5.41. The maximum Gasteiger partial charge on any atom is 0.220 e. The van der Waals surface area contributed by atoms with E-state index in [0.29, 0.717) is 24.3 Å². The normalized spacial score (nSPS) is 21.4. The van der Waals surface area contributed by atoms with Gasteiger partial charge in [0, 0.05) is 46.2 Å². The number of hydrogen-bond donors (Lipinski definition) is 2. The molecule has 164 valence electrons. The Morgan fingerprint density at radius 1 is 1.11 bits per heavy atom. The monoisotopic (exact) mass is 507 g/mol. The average Bonchev–Trinajstić information content (AvgIpc) is 2.67. The van der Waals surface area contributed by atoms with Crippen LogP contribution in [0.3, 0.4) is 0 Å². The van der Waals surface area contributed by atoms with Crippen LogP contribution in [0.5, 0.6) is 0 Å². The van der Waals surface area contributed by atoms with E-state index in [1.54, 1.807) is 7.05 Å². The van der Waals surface area contributed by atoms with Crippen molar-refractivity contribution in [1.82, 2.24) is 20.4 Å². The molecule has 1 amide bonds. The van der Waals surface area contributed by atoms with Gasteiger partial charge in [-0.15, -0.1) is 24.0 Å². The maximum atomic E-state index is 11.6. The van der Waals surface area contributed by atoms with Crippen LogP contribution in [-0.2, 0) is 4.79 Å². The summed E-state index contributed by atoms with van der Waals surface area (Å²) in [6.45, 7) is 12.4. The van der Waals surface area contributed by atoms with Gasteiger partial charge in [-0.2, -0.15) is 0 Å². The van der Waals surface area contributed by atoms with E-state index in [2.05, 4.69) is 46.2 Å². The van der Waals surface area contributed by atoms with Gasteiger partial charge in [-0.25, -0.2) is 0 Å². The van der Waals surface area contributed by atoms with Crippen molar-refractivity contribution in [3.05, 3.63) is 0 Å². The molecule has 7 heteroatoms. The summed E-state index contributed by atoms with van der Waals surface area (Å²) in [5, 5.41) is 6.39. The Balaban J connectivity index is 0.00000392. The van der Waals surface area contributed by atoms with Gasteiger partial charge in [0.2, 0.25) is 5.91 Å². The van der Waals surface area contributed by atoms with Crippen molar-refractivity contribution in [2.24, 2.45) is 22.7 Å². The molecule has 0 saturated carbocycles. The van der Waals surface area contributed by atoms with E-state index in [1.807, 2.05) is 7.05 Å². The Hall–Kier alpha value is -0.570. The van der Waals surface area contributed by atoms with Crippen LogP contribution in [0, 0.1) is 17.8 Å². The third-order valence-electron chi connectivity index (χ3n) is 6.40. The van der Waals surface area contributed by atoms with Gasteiger partial charge < -0.3 is 15.5 Å². The van der Waals surface area contributed by atoms with E-state index in [-0.39, 0.29) is 29.9 Å². The van der Waals surface area contributed by atoms with Gasteiger partial charge in [-0.05, 0) is 56.5 Å². The second kappa shape index (κ2) is 12.9. The fourth-order valence-corrected chi connectivity index (χ4v) is 4.39. The van der Waals surface area contributed by atoms with Gasteiger partial charge >= 0.3 is 0 Å². The first kappa shape index (κ1) is 25.5. The van der Waals surface area contributed by atoms with Gasteiger partial charge in [0.25, 0.3) is 0 Å². The molecule has 0 aliphatic carbocycles. The zero-order valence-corrected chi connectivity index (χ0v) is 20.9. The van der Waals surface area contributed by atoms with Crippen LogP contribution < -0.4 is 10.6 Å². The van der Waals surface area contributed by atoms with Gasteiger partial charge in [-0.3, -0.25) is 14.7 Å². The maximum absolute atomic E-state index is 11.6. The number of halogens is 1. The molecule has 0 aromatic rings. The highest BCUT2D eigenvalue weighted by atomic mass is 127. The number of nitrogens with one attached hydrogen (secondary N) is 2. The Kier molecular flexibility index (Phi) is 11.7. The lowest BCUT2D eigenvalue weighted by atomic mass is 9.93. The number of carbonyl (C=O) groups excluding carboxylic acids is 1. The van der Waals surface area contributed by atoms with Crippen LogP contribution in [0.25, 0.3) is 0 Å². The van der Waals surface area contributed by atoms with Crippen molar-refractivity contribution >= 4 is 35.8 Å². The molecule has 2 fully saturated rings. The number of aliphatic imine (C=N–C) groups is 1. The van der Waals surface area contributed by atoms with Crippen molar-refractivity contribution in [3.8, 4) is 0 Å². The zero-order valence-electron chi connectivity index (χ0n) is 18.5. The standard InChI is InChI=1S/C21H41N5O.HI/c1-16(2)19(25-10-6-17(3)7-11-25)15-24-21(23-5)26-12-8-18(9-13-26)14-20(27)22-4;/h16-19H,6-15H2,1-5H3,(H,22,27)(H,23,24);1H. The highest BCUT2D eigenvalue weighted by Gasteiger charge is 2.27. The zero-order chi connectivity index (χ0) is 19.8. The molecule has 2 rings (SSSR count). The molecule has 0 aromatic heterocycles. The molecule has 0 radical (unpaired) electrons. The third-order valence-corrected chi connectivity index (χ3v) is 6.40. The first-order valence-electron chi connectivity index (χ1n) is 10.8. The molecule has 2 heterocycles. The molecule has 2 aliphatic heterocycles. The summed E-state index contributed by atoms with van der Waals surface area (Å²) < 4.78 is 0. The Morgan fingerprint density at radius 3 is 2.21 bits per heavy atom. The van der Waals surface area contributed by atoms with Crippen LogP contribution in [0.1, 0.15) is 52.9 Å². The summed E-state index contributed by atoms with van der Waals surface area (Å²) in [7, 11) is 3.60. The van der Waals surface area contributed by atoms with Gasteiger partial charge in [0.1, 0.15) is 0 Å². The predicted octanol–water partition coefficient (Wildman–Crippen LogP) is 2.78. The number of carbonyl (C=O) groups is 1. The number of hydrogen-bond acceptors (Lipinski definition) is 3. The highest BCUT2D eigenvalue weighted by Crippen LogP contribution is 2.22. The molecule has 1 atom stereocenters. The first-order valence-corrected chi connectivity index (χ1v) is 10.8. The average molecular weight is 508 g/mol. The quantitative estimate of drug-likeness (QED) is 0.330. The van der Waals surface area contributed by atoms with Crippen molar-refractivity contribution in [2.45, 2.75) is 58.9 Å².